The van der Waals surface area contributed by atoms with Crippen molar-refractivity contribution >= 4 is 35.1 Å². The van der Waals surface area contributed by atoms with Crippen molar-refractivity contribution in [3.8, 4) is 11.1 Å². The maximum Gasteiger partial charge on any atom is 0.331 e. The summed E-state index contributed by atoms with van der Waals surface area (Å²) in [5.74, 6) is -0.696. The van der Waals surface area contributed by atoms with Crippen LogP contribution >= 0.6 is 23.2 Å². The highest BCUT2D eigenvalue weighted by atomic mass is 35.5. The highest BCUT2D eigenvalue weighted by Crippen LogP contribution is 2.32. The number of rotatable bonds is 6. The molecule has 0 heterocycles. The first-order valence-corrected chi connectivity index (χ1v) is 10.6. The molecule has 1 fully saturated rings. The molecule has 2 aromatic carbocycles. The Hall–Kier alpha value is -2.08. The Balaban J connectivity index is 1.76. The monoisotopic (exact) mass is 449 g/mol. The summed E-state index contributed by atoms with van der Waals surface area (Å²) in [6.45, 7) is 0. The first-order chi connectivity index (χ1) is 14.4. The van der Waals surface area contributed by atoms with Crippen molar-refractivity contribution in [3.63, 3.8) is 0 Å². The van der Waals surface area contributed by atoms with Gasteiger partial charge < -0.3 is 14.8 Å². The van der Waals surface area contributed by atoms with E-state index in [0.29, 0.717) is 41.3 Å². The number of benzene rings is 2. The molecule has 5 nitrogen and oxygen atoms in total. The lowest BCUT2D eigenvalue weighted by Gasteiger charge is -2.38. The number of ether oxygens (including phenoxy) is 2. The quantitative estimate of drug-likeness (QED) is 0.641. The van der Waals surface area contributed by atoms with Crippen LogP contribution in [0.2, 0.25) is 10.0 Å². The third kappa shape index (κ3) is 5.15. The average Bonchev–Trinajstić information content (AvgIpc) is 2.75. The summed E-state index contributed by atoms with van der Waals surface area (Å²) in [6.07, 6.45) is 2.46. The fraction of sp³-hybridized carbons (Fsp3) is 0.391. The number of hydrogen-bond acceptors (Lipinski definition) is 4. The highest BCUT2D eigenvalue weighted by molar-refractivity contribution is 6.31. The van der Waals surface area contributed by atoms with Crippen molar-refractivity contribution in [2.45, 2.75) is 43.7 Å². The number of halogens is 2. The second-order valence-electron chi connectivity index (χ2n) is 7.55. The maximum absolute atomic E-state index is 12.9. The zero-order valence-corrected chi connectivity index (χ0v) is 18.6. The molecule has 1 amide bonds. The van der Waals surface area contributed by atoms with Gasteiger partial charge in [-0.05, 0) is 66.6 Å². The smallest absolute Gasteiger partial charge is 0.331 e. The summed E-state index contributed by atoms with van der Waals surface area (Å²) < 4.78 is 10.4. The third-order valence-corrected chi connectivity index (χ3v) is 6.27. The van der Waals surface area contributed by atoms with Gasteiger partial charge in [0.1, 0.15) is 5.54 Å². The molecule has 0 atom stereocenters. The minimum Gasteiger partial charge on any atom is -0.467 e. The van der Waals surface area contributed by atoms with E-state index in [9.17, 15) is 9.59 Å². The van der Waals surface area contributed by atoms with Crippen molar-refractivity contribution < 1.29 is 19.1 Å². The average molecular weight is 450 g/mol. The second kappa shape index (κ2) is 9.82. The molecule has 0 unspecified atom stereocenters. The second-order valence-corrected chi connectivity index (χ2v) is 8.39. The molecule has 0 radical (unpaired) electrons. The number of methoxy groups -OCH3 is 2. The molecule has 0 bridgehead atoms. The maximum atomic E-state index is 12.9. The zero-order chi connectivity index (χ0) is 21.7. The molecule has 30 heavy (non-hydrogen) atoms. The van der Waals surface area contributed by atoms with E-state index in [2.05, 4.69) is 5.32 Å². The van der Waals surface area contributed by atoms with Crippen LogP contribution in [0.15, 0.2) is 42.5 Å². The minimum absolute atomic E-state index is 0.0622. The van der Waals surface area contributed by atoms with Crippen LogP contribution in [-0.4, -0.2) is 37.7 Å². The van der Waals surface area contributed by atoms with Crippen LogP contribution in [-0.2, 0) is 25.5 Å². The summed E-state index contributed by atoms with van der Waals surface area (Å²) in [7, 11) is 3.00. The number of nitrogens with one attached hydrogen (secondary N) is 1. The molecule has 0 saturated heterocycles. The molecule has 1 aliphatic carbocycles. The first-order valence-electron chi connectivity index (χ1n) is 9.83. The normalized spacial score (nSPS) is 21.1. The number of amides is 1. The van der Waals surface area contributed by atoms with Gasteiger partial charge >= 0.3 is 5.97 Å². The van der Waals surface area contributed by atoms with E-state index in [1.54, 1.807) is 13.2 Å². The Morgan fingerprint density at radius 2 is 1.67 bits per heavy atom. The first kappa shape index (κ1) is 22.6. The summed E-state index contributed by atoms with van der Waals surface area (Å²) in [5, 5.41) is 4.08. The fourth-order valence-corrected chi connectivity index (χ4v) is 4.22. The highest BCUT2D eigenvalue weighted by Gasteiger charge is 2.44. The zero-order valence-electron chi connectivity index (χ0n) is 17.0. The Bertz CT molecular complexity index is 906. The van der Waals surface area contributed by atoms with Gasteiger partial charge in [-0.25, -0.2) is 4.79 Å². The van der Waals surface area contributed by atoms with E-state index in [1.807, 2.05) is 36.4 Å². The SMILES string of the molecule is COC(=O)[C@]1(NC(=O)Cc2cc(-c3ccc(Cl)cc3)ccc2Cl)CC[C@@H](OC)CC1. The van der Waals surface area contributed by atoms with Gasteiger partial charge in [0.05, 0.1) is 19.6 Å². The Morgan fingerprint density at radius 3 is 2.27 bits per heavy atom. The number of hydrogen-bond donors (Lipinski definition) is 1. The van der Waals surface area contributed by atoms with E-state index >= 15 is 0 Å². The van der Waals surface area contributed by atoms with Crippen LogP contribution in [0.25, 0.3) is 11.1 Å². The topological polar surface area (TPSA) is 64.6 Å². The Labute approximate surface area is 186 Å². The van der Waals surface area contributed by atoms with E-state index < -0.39 is 11.5 Å². The Kier molecular flexibility index (Phi) is 7.40. The molecule has 2 aromatic rings. The summed E-state index contributed by atoms with van der Waals surface area (Å²) in [6, 6.07) is 13.0. The summed E-state index contributed by atoms with van der Waals surface area (Å²) in [4.78, 5) is 25.4. The molecule has 1 saturated carbocycles. The molecule has 160 valence electrons. The van der Waals surface area contributed by atoms with Crippen LogP contribution < -0.4 is 5.32 Å². The molecule has 1 aliphatic rings. The van der Waals surface area contributed by atoms with Gasteiger partial charge in [-0.2, -0.15) is 0 Å². The standard InChI is InChI=1S/C23H25Cl2NO4/c1-29-19-9-11-23(12-10-19,22(28)30-2)26-21(27)14-17-13-16(5-8-20(17)25)15-3-6-18(24)7-4-15/h3-8,13,19H,9-12,14H2,1-2H3,(H,26,27)/t19-,23+. The fourth-order valence-electron chi connectivity index (χ4n) is 3.91. The largest absolute Gasteiger partial charge is 0.467 e. The van der Waals surface area contributed by atoms with Crippen LogP contribution in [0.5, 0.6) is 0 Å². The summed E-state index contributed by atoms with van der Waals surface area (Å²) >= 11 is 12.3. The lowest BCUT2D eigenvalue weighted by Crippen LogP contribution is -2.57. The van der Waals surface area contributed by atoms with Crippen LogP contribution in [0.3, 0.4) is 0 Å². The molecule has 0 spiro atoms. The molecule has 3 rings (SSSR count). The van der Waals surface area contributed by atoms with Gasteiger partial charge in [0.15, 0.2) is 0 Å². The predicted molar refractivity (Wildman–Crippen MR) is 118 cm³/mol. The van der Waals surface area contributed by atoms with E-state index in [1.165, 1.54) is 7.11 Å². The Morgan fingerprint density at radius 1 is 1.03 bits per heavy atom. The lowest BCUT2D eigenvalue weighted by atomic mass is 9.80. The van der Waals surface area contributed by atoms with Gasteiger partial charge in [-0.1, -0.05) is 41.4 Å². The van der Waals surface area contributed by atoms with Crippen LogP contribution in [0, 0.1) is 0 Å². The van der Waals surface area contributed by atoms with Crippen molar-refractivity contribution in [2.24, 2.45) is 0 Å². The van der Waals surface area contributed by atoms with Gasteiger partial charge in [0.25, 0.3) is 0 Å². The van der Waals surface area contributed by atoms with Crippen LogP contribution in [0.1, 0.15) is 31.2 Å². The molecule has 0 aliphatic heterocycles. The minimum atomic E-state index is -1.03. The van der Waals surface area contributed by atoms with Crippen molar-refractivity contribution in [1.29, 1.82) is 0 Å². The van der Waals surface area contributed by atoms with E-state index in [4.69, 9.17) is 32.7 Å². The van der Waals surface area contributed by atoms with Crippen molar-refractivity contribution in [1.82, 2.24) is 5.32 Å². The van der Waals surface area contributed by atoms with Gasteiger partial charge in [0.2, 0.25) is 5.91 Å². The molecule has 0 aromatic heterocycles. The molecular weight excluding hydrogens is 425 g/mol. The van der Waals surface area contributed by atoms with Gasteiger partial charge in [0, 0.05) is 17.2 Å². The van der Waals surface area contributed by atoms with Crippen molar-refractivity contribution in [2.75, 3.05) is 14.2 Å². The molecule has 1 N–H and O–H groups in total. The third-order valence-electron chi connectivity index (χ3n) is 5.65. The van der Waals surface area contributed by atoms with Gasteiger partial charge in [-0.15, -0.1) is 0 Å². The van der Waals surface area contributed by atoms with E-state index in [0.717, 1.165) is 11.1 Å². The number of esters is 1. The number of carbonyl (C=O) groups excluding carboxylic acids is 2. The van der Waals surface area contributed by atoms with Gasteiger partial charge in [-0.3, -0.25) is 4.79 Å². The summed E-state index contributed by atoms with van der Waals surface area (Å²) in [5.41, 5.74) is 1.57. The molecule has 7 heteroatoms. The lowest BCUT2D eigenvalue weighted by molar-refractivity contribution is -0.153. The molecular formula is C23H25Cl2NO4. The van der Waals surface area contributed by atoms with Crippen molar-refractivity contribution in [3.05, 3.63) is 58.1 Å². The predicted octanol–water partition coefficient (Wildman–Crippen LogP) is 4.82. The van der Waals surface area contributed by atoms with E-state index in [-0.39, 0.29) is 18.4 Å². The number of carbonyl (C=O) groups is 2. The van der Waals surface area contributed by atoms with Crippen LogP contribution in [0.4, 0.5) is 0 Å².